The summed E-state index contributed by atoms with van der Waals surface area (Å²) >= 11 is 0. The summed E-state index contributed by atoms with van der Waals surface area (Å²) in [6, 6.07) is 9.16. The molecule has 1 saturated heterocycles. The van der Waals surface area contributed by atoms with Crippen molar-refractivity contribution in [2.75, 3.05) is 20.7 Å². The van der Waals surface area contributed by atoms with Gasteiger partial charge in [0.1, 0.15) is 5.69 Å². The molecule has 3 heterocycles. The average Bonchev–Trinajstić information content (AvgIpc) is 3.53. The van der Waals surface area contributed by atoms with Gasteiger partial charge in [-0.2, -0.15) is 5.10 Å². The first-order valence-electron chi connectivity index (χ1n) is 10.7. The molecule has 32 heavy (non-hydrogen) atoms. The second-order valence-electron chi connectivity index (χ2n) is 8.35. The van der Waals surface area contributed by atoms with E-state index in [0.717, 1.165) is 48.2 Å². The number of ether oxygens (including phenoxy) is 1. The fourth-order valence-corrected chi connectivity index (χ4v) is 4.56. The molecule has 1 amide bonds. The Hall–Kier alpha value is -3.46. The Labute approximate surface area is 184 Å². The summed E-state index contributed by atoms with van der Waals surface area (Å²) in [5.74, 6) is -0.692. The number of esters is 1. The van der Waals surface area contributed by atoms with Gasteiger partial charge in [0, 0.05) is 42.9 Å². The van der Waals surface area contributed by atoms with Crippen molar-refractivity contribution < 1.29 is 24.0 Å². The Morgan fingerprint density at radius 1 is 1.25 bits per heavy atom. The Morgan fingerprint density at radius 3 is 2.81 bits per heavy atom. The highest BCUT2D eigenvalue weighted by molar-refractivity contribution is 5.89. The highest BCUT2D eigenvalue weighted by Crippen LogP contribution is 2.35. The third-order valence-corrected chi connectivity index (χ3v) is 6.37. The summed E-state index contributed by atoms with van der Waals surface area (Å²) in [6.45, 7) is 0.452. The van der Waals surface area contributed by atoms with E-state index in [-0.39, 0.29) is 12.2 Å². The van der Waals surface area contributed by atoms with Crippen LogP contribution in [0.1, 0.15) is 46.8 Å². The standard InChI is InChI=1S/C23H24N4O5/c1-26-11-10-23(30,22(26)29)19-13-17(25-32-19)14-6-5-7-15(12-14)27-18-9-4-3-8-16(18)20(24-27)21(28)31-2/h5-7,12-13,30H,3-4,8-11H2,1-2H3/t23-/m1/s1. The number of methoxy groups -OCH3 is 1. The average molecular weight is 436 g/mol. The molecule has 0 saturated carbocycles. The van der Waals surface area contributed by atoms with Crippen LogP contribution in [-0.4, -0.2) is 57.5 Å². The number of benzene rings is 1. The maximum Gasteiger partial charge on any atom is 0.358 e. The van der Waals surface area contributed by atoms with Gasteiger partial charge in [0.05, 0.1) is 12.8 Å². The second kappa shape index (κ2) is 7.59. The van der Waals surface area contributed by atoms with E-state index in [2.05, 4.69) is 10.3 Å². The van der Waals surface area contributed by atoms with Crippen LogP contribution in [0.3, 0.4) is 0 Å². The van der Waals surface area contributed by atoms with Gasteiger partial charge in [0.2, 0.25) is 5.60 Å². The molecule has 1 aromatic carbocycles. The molecule has 1 aliphatic heterocycles. The second-order valence-corrected chi connectivity index (χ2v) is 8.35. The van der Waals surface area contributed by atoms with Crippen LogP contribution in [0.2, 0.25) is 0 Å². The van der Waals surface area contributed by atoms with Crippen molar-refractivity contribution in [3.8, 4) is 16.9 Å². The molecule has 1 N–H and O–H groups in total. The molecule has 0 radical (unpaired) electrons. The van der Waals surface area contributed by atoms with Gasteiger partial charge in [-0.05, 0) is 37.8 Å². The maximum absolute atomic E-state index is 12.4. The highest BCUT2D eigenvalue weighted by Gasteiger charge is 2.48. The molecular formula is C23H24N4O5. The van der Waals surface area contributed by atoms with Gasteiger partial charge in [-0.25, -0.2) is 9.48 Å². The number of aromatic nitrogens is 3. The largest absolute Gasteiger partial charge is 0.464 e. The fraction of sp³-hybridized carbons (Fsp3) is 0.391. The number of aliphatic hydroxyl groups is 1. The third-order valence-electron chi connectivity index (χ3n) is 6.37. The smallest absolute Gasteiger partial charge is 0.358 e. The predicted octanol–water partition coefficient (Wildman–Crippen LogP) is 2.24. The minimum Gasteiger partial charge on any atom is -0.464 e. The Kier molecular flexibility index (Phi) is 4.85. The molecule has 5 rings (SSSR count). The number of carbonyl (C=O) groups excluding carboxylic acids is 2. The molecule has 166 valence electrons. The van der Waals surface area contributed by atoms with E-state index in [1.165, 1.54) is 12.0 Å². The Balaban J connectivity index is 1.52. The number of hydrogen-bond donors (Lipinski definition) is 1. The molecule has 2 aromatic heterocycles. The molecule has 0 unspecified atom stereocenters. The summed E-state index contributed by atoms with van der Waals surface area (Å²) in [5, 5.41) is 19.5. The lowest BCUT2D eigenvalue weighted by Crippen LogP contribution is -2.35. The number of amides is 1. The predicted molar refractivity (Wildman–Crippen MR) is 113 cm³/mol. The van der Waals surface area contributed by atoms with E-state index in [1.807, 2.05) is 24.3 Å². The molecule has 9 heteroatoms. The number of rotatable bonds is 4. The topological polar surface area (TPSA) is 111 Å². The maximum atomic E-state index is 12.4. The summed E-state index contributed by atoms with van der Waals surface area (Å²) in [5.41, 5.74) is 2.69. The Morgan fingerprint density at radius 2 is 2.06 bits per heavy atom. The van der Waals surface area contributed by atoms with Crippen LogP contribution in [0.5, 0.6) is 0 Å². The van der Waals surface area contributed by atoms with Crippen LogP contribution >= 0.6 is 0 Å². The zero-order chi connectivity index (χ0) is 22.5. The van der Waals surface area contributed by atoms with Crippen molar-refractivity contribution in [2.45, 2.75) is 37.7 Å². The van der Waals surface area contributed by atoms with E-state index < -0.39 is 17.5 Å². The minimum absolute atomic E-state index is 0.136. The van der Waals surface area contributed by atoms with Crippen LogP contribution in [-0.2, 0) is 28.0 Å². The molecular weight excluding hydrogens is 412 g/mol. The van der Waals surface area contributed by atoms with Crippen molar-refractivity contribution >= 4 is 11.9 Å². The van der Waals surface area contributed by atoms with Crippen LogP contribution in [0, 0.1) is 0 Å². The van der Waals surface area contributed by atoms with E-state index >= 15 is 0 Å². The zero-order valence-electron chi connectivity index (χ0n) is 18.0. The fourth-order valence-electron chi connectivity index (χ4n) is 4.56. The SMILES string of the molecule is COC(=O)c1nn(-c2cccc(-c3cc([C@]4(O)CCN(C)C4=O)on3)c2)c2c1CCCC2. The number of hydrogen-bond acceptors (Lipinski definition) is 7. The summed E-state index contributed by atoms with van der Waals surface area (Å²) in [7, 11) is 3.01. The van der Waals surface area contributed by atoms with Gasteiger partial charge in [-0.15, -0.1) is 0 Å². The highest BCUT2D eigenvalue weighted by atomic mass is 16.5. The molecule has 2 aliphatic rings. The molecule has 0 spiro atoms. The van der Waals surface area contributed by atoms with Crippen molar-refractivity contribution in [1.82, 2.24) is 19.8 Å². The number of carbonyl (C=O) groups is 2. The molecule has 0 bridgehead atoms. The third kappa shape index (κ3) is 3.12. The molecule has 1 fully saturated rings. The minimum atomic E-state index is -1.69. The quantitative estimate of drug-likeness (QED) is 0.625. The number of nitrogens with zero attached hydrogens (tertiary/aromatic N) is 4. The van der Waals surface area contributed by atoms with E-state index in [4.69, 9.17) is 9.26 Å². The van der Waals surface area contributed by atoms with Crippen molar-refractivity contribution in [2.24, 2.45) is 0 Å². The monoisotopic (exact) mass is 436 g/mol. The Bertz CT molecular complexity index is 1210. The van der Waals surface area contributed by atoms with E-state index in [1.54, 1.807) is 17.8 Å². The normalized spacial score (nSPS) is 20.5. The first kappa shape index (κ1) is 20.4. The van der Waals surface area contributed by atoms with Crippen molar-refractivity contribution in [3.63, 3.8) is 0 Å². The number of likely N-dealkylation sites (tertiary alicyclic amines) is 1. The van der Waals surface area contributed by atoms with Crippen LogP contribution < -0.4 is 0 Å². The first-order valence-corrected chi connectivity index (χ1v) is 10.7. The molecule has 9 nitrogen and oxygen atoms in total. The van der Waals surface area contributed by atoms with Gasteiger partial charge < -0.3 is 19.3 Å². The first-order chi connectivity index (χ1) is 15.4. The van der Waals surface area contributed by atoms with Gasteiger partial charge in [0.15, 0.2) is 11.5 Å². The molecule has 1 aliphatic carbocycles. The number of likely N-dealkylation sites (N-methyl/N-ethyl adjacent to an activating group) is 1. The van der Waals surface area contributed by atoms with Crippen LogP contribution in [0.25, 0.3) is 16.9 Å². The summed E-state index contributed by atoms with van der Waals surface area (Å²) in [4.78, 5) is 26.1. The van der Waals surface area contributed by atoms with E-state index in [0.29, 0.717) is 17.9 Å². The lowest BCUT2D eigenvalue weighted by Gasteiger charge is -2.16. The zero-order valence-corrected chi connectivity index (χ0v) is 18.0. The number of fused-ring (bicyclic) bond motifs is 1. The van der Waals surface area contributed by atoms with Crippen LogP contribution in [0.15, 0.2) is 34.9 Å². The van der Waals surface area contributed by atoms with Crippen LogP contribution in [0.4, 0.5) is 0 Å². The van der Waals surface area contributed by atoms with Gasteiger partial charge in [0.25, 0.3) is 5.91 Å². The summed E-state index contributed by atoms with van der Waals surface area (Å²) in [6.07, 6.45) is 3.94. The molecule has 1 atom stereocenters. The molecule has 3 aromatic rings. The van der Waals surface area contributed by atoms with Crippen molar-refractivity contribution in [1.29, 1.82) is 0 Å². The van der Waals surface area contributed by atoms with E-state index in [9.17, 15) is 14.7 Å². The van der Waals surface area contributed by atoms with Gasteiger partial charge >= 0.3 is 5.97 Å². The van der Waals surface area contributed by atoms with Gasteiger partial charge in [-0.3, -0.25) is 4.79 Å². The van der Waals surface area contributed by atoms with Gasteiger partial charge in [-0.1, -0.05) is 17.3 Å². The van der Waals surface area contributed by atoms with Crippen molar-refractivity contribution in [3.05, 3.63) is 53.0 Å². The lowest BCUT2D eigenvalue weighted by molar-refractivity contribution is -0.144. The summed E-state index contributed by atoms with van der Waals surface area (Å²) < 4.78 is 12.1. The lowest BCUT2D eigenvalue weighted by atomic mass is 9.95.